The van der Waals surface area contributed by atoms with Crippen LogP contribution in [0.3, 0.4) is 0 Å². The van der Waals surface area contributed by atoms with E-state index in [0.717, 1.165) is 30.2 Å². The monoisotopic (exact) mass is 375 g/mol. The first-order valence-corrected chi connectivity index (χ1v) is 9.16. The summed E-state index contributed by atoms with van der Waals surface area (Å²) in [5.74, 6) is -1.21. The Hall–Kier alpha value is -2.83. The molecular formula is C20H25NO6. The Morgan fingerprint density at radius 2 is 2.00 bits per heavy atom. The van der Waals surface area contributed by atoms with Gasteiger partial charge in [0.15, 0.2) is 6.61 Å². The first-order valence-electron chi connectivity index (χ1n) is 9.16. The van der Waals surface area contributed by atoms with Crippen LogP contribution >= 0.6 is 0 Å². The van der Waals surface area contributed by atoms with Gasteiger partial charge in [-0.2, -0.15) is 0 Å². The fourth-order valence-electron chi connectivity index (χ4n) is 2.83. The van der Waals surface area contributed by atoms with Crippen molar-refractivity contribution in [1.29, 1.82) is 0 Å². The van der Waals surface area contributed by atoms with Crippen LogP contribution in [0, 0.1) is 0 Å². The van der Waals surface area contributed by atoms with Crippen LogP contribution in [-0.4, -0.2) is 29.6 Å². The van der Waals surface area contributed by atoms with Crippen LogP contribution in [0.1, 0.15) is 45.1 Å². The quantitative estimate of drug-likeness (QED) is 0.619. The fourth-order valence-corrected chi connectivity index (χ4v) is 2.83. The predicted molar refractivity (Wildman–Crippen MR) is 101 cm³/mol. The van der Waals surface area contributed by atoms with Gasteiger partial charge in [0.2, 0.25) is 0 Å². The van der Waals surface area contributed by atoms with Gasteiger partial charge in [0, 0.05) is 17.5 Å². The summed E-state index contributed by atoms with van der Waals surface area (Å²) in [7, 11) is 0. The third-order valence-corrected chi connectivity index (χ3v) is 4.17. The number of rotatable bonds is 10. The molecule has 2 N–H and O–H groups in total. The number of aliphatic carboxylic acids is 1. The van der Waals surface area contributed by atoms with Crippen molar-refractivity contribution in [1.82, 2.24) is 5.32 Å². The Kier molecular flexibility index (Phi) is 7.40. The highest BCUT2D eigenvalue weighted by Gasteiger charge is 2.19. The van der Waals surface area contributed by atoms with Crippen molar-refractivity contribution in [2.24, 2.45) is 0 Å². The number of carbonyl (C=O) groups is 2. The zero-order chi connectivity index (χ0) is 19.8. The van der Waals surface area contributed by atoms with Crippen molar-refractivity contribution in [2.45, 2.75) is 52.0 Å². The molecule has 0 aliphatic carbocycles. The van der Waals surface area contributed by atoms with Crippen molar-refractivity contribution in [3.63, 3.8) is 0 Å². The average Bonchev–Trinajstić information content (AvgIpc) is 2.63. The average molecular weight is 375 g/mol. The van der Waals surface area contributed by atoms with Gasteiger partial charge in [0.05, 0.1) is 0 Å². The minimum Gasteiger partial charge on any atom is -0.484 e. The topological polar surface area (TPSA) is 106 Å². The molecule has 0 saturated carbocycles. The highest BCUT2D eigenvalue weighted by Crippen LogP contribution is 2.23. The summed E-state index contributed by atoms with van der Waals surface area (Å²) >= 11 is 0. The van der Waals surface area contributed by atoms with Crippen LogP contribution in [0.2, 0.25) is 0 Å². The maximum Gasteiger partial charge on any atom is 0.336 e. The number of unbranched alkanes of at least 4 members (excludes halogenated alkanes) is 1. The molecule has 0 aliphatic rings. The molecule has 0 saturated heterocycles. The van der Waals surface area contributed by atoms with Crippen LogP contribution in [0.4, 0.5) is 0 Å². The Balaban J connectivity index is 2.05. The lowest BCUT2D eigenvalue weighted by molar-refractivity contribution is -0.142. The van der Waals surface area contributed by atoms with E-state index in [-0.39, 0.29) is 6.61 Å². The summed E-state index contributed by atoms with van der Waals surface area (Å²) in [5, 5.41) is 12.4. The Morgan fingerprint density at radius 1 is 1.22 bits per heavy atom. The number of ether oxygens (including phenoxy) is 1. The minimum absolute atomic E-state index is 0.319. The fraction of sp³-hybridized carbons (Fsp3) is 0.450. The van der Waals surface area contributed by atoms with Gasteiger partial charge in [-0.3, -0.25) is 4.79 Å². The summed E-state index contributed by atoms with van der Waals surface area (Å²) in [6.45, 7) is 3.66. The van der Waals surface area contributed by atoms with Crippen molar-refractivity contribution in [3.8, 4) is 5.75 Å². The Labute approximate surface area is 157 Å². The van der Waals surface area contributed by atoms with Crippen LogP contribution in [0.25, 0.3) is 11.0 Å². The number of benzene rings is 1. The molecule has 7 heteroatoms. The van der Waals surface area contributed by atoms with Crippen LogP contribution in [0.15, 0.2) is 33.5 Å². The molecule has 7 nitrogen and oxygen atoms in total. The zero-order valence-corrected chi connectivity index (χ0v) is 15.6. The molecule has 0 radical (unpaired) electrons. The van der Waals surface area contributed by atoms with Crippen molar-refractivity contribution in [2.75, 3.05) is 6.61 Å². The number of hydrogen-bond donors (Lipinski definition) is 2. The molecule has 0 fully saturated rings. The molecule has 2 rings (SSSR count). The normalized spacial score (nSPS) is 11.9. The van der Waals surface area contributed by atoms with Gasteiger partial charge < -0.3 is 19.6 Å². The summed E-state index contributed by atoms with van der Waals surface area (Å²) < 4.78 is 10.7. The molecule has 1 heterocycles. The van der Waals surface area contributed by atoms with E-state index in [1.165, 1.54) is 6.07 Å². The number of fused-ring (bicyclic) bond motifs is 1. The van der Waals surface area contributed by atoms with E-state index < -0.39 is 23.5 Å². The lowest BCUT2D eigenvalue weighted by Crippen LogP contribution is -2.42. The molecular weight excluding hydrogens is 350 g/mol. The van der Waals surface area contributed by atoms with Crippen LogP contribution in [-0.2, 0) is 16.0 Å². The van der Waals surface area contributed by atoms with E-state index in [0.29, 0.717) is 24.2 Å². The molecule has 0 unspecified atom stereocenters. The number of carboxylic acid groups (broad SMARTS) is 1. The highest BCUT2D eigenvalue weighted by atomic mass is 16.5. The van der Waals surface area contributed by atoms with Gasteiger partial charge in [-0.1, -0.05) is 33.1 Å². The SMILES string of the molecule is CCCC[C@@H](NC(=O)COc1ccc2c(CCC)cc(=O)oc2c1)C(=O)O. The molecule has 1 amide bonds. The smallest absolute Gasteiger partial charge is 0.336 e. The van der Waals surface area contributed by atoms with Crippen molar-refractivity contribution < 1.29 is 23.8 Å². The third kappa shape index (κ3) is 5.84. The minimum atomic E-state index is -1.06. The Bertz CT molecular complexity index is 857. The standard InChI is InChI=1S/C20H25NO6/c1-3-5-7-16(20(24)25)21-18(22)12-26-14-8-9-15-13(6-4-2)10-19(23)27-17(15)11-14/h8-11,16H,3-7,12H2,1-2H3,(H,21,22)(H,24,25)/t16-/m1/s1. The van der Waals surface area contributed by atoms with E-state index in [4.69, 9.17) is 14.3 Å². The number of aryl methyl sites for hydroxylation is 1. The summed E-state index contributed by atoms with van der Waals surface area (Å²) in [6.07, 6.45) is 3.60. The maximum atomic E-state index is 12.0. The molecule has 1 atom stereocenters. The number of nitrogens with one attached hydrogen (secondary N) is 1. The molecule has 1 aromatic heterocycles. The van der Waals surface area contributed by atoms with Crippen molar-refractivity contribution >= 4 is 22.8 Å². The predicted octanol–water partition coefficient (Wildman–Crippen LogP) is 2.88. The molecule has 146 valence electrons. The number of carbonyl (C=O) groups excluding carboxylic acids is 1. The molecule has 0 spiro atoms. The third-order valence-electron chi connectivity index (χ3n) is 4.17. The molecule has 0 bridgehead atoms. The van der Waals surface area contributed by atoms with Crippen molar-refractivity contribution in [3.05, 3.63) is 40.2 Å². The summed E-state index contributed by atoms with van der Waals surface area (Å²) in [6, 6.07) is 5.61. The van der Waals surface area contributed by atoms with E-state index in [9.17, 15) is 14.4 Å². The van der Waals surface area contributed by atoms with Gasteiger partial charge in [-0.15, -0.1) is 0 Å². The molecule has 1 aromatic carbocycles. The zero-order valence-electron chi connectivity index (χ0n) is 15.6. The van der Waals surface area contributed by atoms with Gasteiger partial charge in [-0.25, -0.2) is 9.59 Å². The van der Waals surface area contributed by atoms with Gasteiger partial charge >= 0.3 is 11.6 Å². The van der Waals surface area contributed by atoms with Crippen LogP contribution < -0.4 is 15.7 Å². The number of hydrogen-bond acceptors (Lipinski definition) is 5. The van der Waals surface area contributed by atoms with Crippen LogP contribution in [0.5, 0.6) is 5.75 Å². The molecule has 27 heavy (non-hydrogen) atoms. The van der Waals surface area contributed by atoms with E-state index in [1.54, 1.807) is 18.2 Å². The van der Waals surface area contributed by atoms with E-state index in [1.807, 2.05) is 13.8 Å². The van der Waals surface area contributed by atoms with Gasteiger partial charge in [0.1, 0.15) is 17.4 Å². The maximum absolute atomic E-state index is 12.0. The Morgan fingerprint density at radius 3 is 2.67 bits per heavy atom. The second-order valence-corrected chi connectivity index (χ2v) is 6.39. The largest absolute Gasteiger partial charge is 0.484 e. The summed E-state index contributed by atoms with van der Waals surface area (Å²) in [5.41, 5.74) is 0.879. The summed E-state index contributed by atoms with van der Waals surface area (Å²) in [4.78, 5) is 34.9. The van der Waals surface area contributed by atoms with E-state index in [2.05, 4.69) is 5.32 Å². The lowest BCUT2D eigenvalue weighted by atomic mass is 10.1. The lowest BCUT2D eigenvalue weighted by Gasteiger charge is -2.14. The number of amides is 1. The second-order valence-electron chi connectivity index (χ2n) is 6.39. The first kappa shape index (κ1) is 20.5. The van der Waals surface area contributed by atoms with Gasteiger partial charge in [0.25, 0.3) is 5.91 Å². The van der Waals surface area contributed by atoms with E-state index >= 15 is 0 Å². The molecule has 2 aromatic rings. The first-order chi connectivity index (χ1) is 12.9. The second kappa shape index (κ2) is 9.75. The number of carboxylic acids is 1. The molecule has 0 aliphatic heterocycles. The van der Waals surface area contributed by atoms with Gasteiger partial charge in [-0.05, 0) is 30.5 Å². The highest BCUT2D eigenvalue weighted by molar-refractivity contribution is 5.85.